The van der Waals surface area contributed by atoms with E-state index in [0.29, 0.717) is 11.3 Å². The number of amides is 1. The summed E-state index contributed by atoms with van der Waals surface area (Å²) in [4.78, 5) is 13.5. The molecule has 0 aliphatic carbocycles. The molecular formula is C29H22F3N4O4+. The van der Waals surface area contributed by atoms with Crippen LogP contribution in [0, 0.1) is 0 Å². The number of carbonyl (C=O) groups excluding carboxylic acids is 1. The molecule has 0 fully saturated rings. The van der Waals surface area contributed by atoms with E-state index in [2.05, 4.69) is 10.4 Å². The van der Waals surface area contributed by atoms with E-state index in [4.69, 9.17) is 4.74 Å². The third kappa shape index (κ3) is 6.02. The van der Waals surface area contributed by atoms with Crippen molar-refractivity contribution in [2.45, 2.75) is 6.18 Å². The molecule has 0 aliphatic heterocycles. The van der Waals surface area contributed by atoms with Crippen molar-refractivity contribution in [1.29, 1.82) is 0 Å². The summed E-state index contributed by atoms with van der Waals surface area (Å²) in [6, 6.07) is 26.4. The van der Waals surface area contributed by atoms with E-state index >= 15 is 0 Å². The molecule has 0 saturated carbocycles. The van der Waals surface area contributed by atoms with Crippen molar-refractivity contribution in [2.24, 2.45) is 0 Å². The van der Waals surface area contributed by atoms with Gasteiger partial charge in [-0.3, -0.25) is 4.79 Å². The molecule has 11 heteroatoms. The molecule has 1 heterocycles. The number of halogens is 3. The zero-order chi connectivity index (χ0) is 28.3. The Labute approximate surface area is 226 Å². The highest BCUT2D eigenvalue weighted by Gasteiger charge is 2.30. The van der Waals surface area contributed by atoms with Gasteiger partial charge in [0.1, 0.15) is 17.2 Å². The van der Waals surface area contributed by atoms with Gasteiger partial charge in [-0.25, -0.2) is 4.68 Å². The molecule has 0 unspecified atom stereocenters. The Bertz CT molecular complexity index is 1640. The highest BCUT2D eigenvalue weighted by molar-refractivity contribution is 6.08. The molecule has 5 rings (SSSR count). The van der Waals surface area contributed by atoms with E-state index in [1.54, 1.807) is 10.9 Å². The summed E-state index contributed by atoms with van der Waals surface area (Å²) in [5.41, 5.74) is 1.16. The van der Waals surface area contributed by atoms with Crippen molar-refractivity contribution < 1.29 is 38.3 Å². The van der Waals surface area contributed by atoms with Gasteiger partial charge < -0.3 is 10.1 Å². The first-order chi connectivity index (χ1) is 19.2. The summed E-state index contributed by atoms with van der Waals surface area (Å²) >= 11 is 0. The topological polar surface area (TPSA) is 101 Å². The number of alkyl halides is 3. The number of nitrogens with zero attached hydrogens (tertiary/aromatic N) is 2. The van der Waals surface area contributed by atoms with Crippen LogP contribution in [0.3, 0.4) is 0 Å². The van der Waals surface area contributed by atoms with Gasteiger partial charge in [-0.1, -0.05) is 54.6 Å². The fourth-order valence-electron chi connectivity index (χ4n) is 3.99. The minimum absolute atomic E-state index is 0.0315. The van der Waals surface area contributed by atoms with Gasteiger partial charge in [0.2, 0.25) is 5.69 Å². The average molecular weight is 548 g/mol. The third-order valence-corrected chi connectivity index (χ3v) is 5.85. The Morgan fingerprint density at radius 1 is 0.850 bits per heavy atom. The summed E-state index contributed by atoms with van der Waals surface area (Å²) in [7, 11) is 0. The number of aromatic nitrogens is 2. The molecule has 5 aromatic rings. The first-order valence-corrected chi connectivity index (χ1v) is 11.9. The Kier molecular flexibility index (Phi) is 7.34. The average Bonchev–Trinajstić information content (AvgIpc) is 3.40. The second-order valence-corrected chi connectivity index (χ2v) is 8.69. The van der Waals surface area contributed by atoms with Gasteiger partial charge in [0, 0.05) is 30.0 Å². The van der Waals surface area contributed by atoms with Crippen molar-refractivity contribution in [3.63, 3.8) is 0 Å². The van der Waals surface area contributed by atoms with Gasteiger partial charge in [-0.15, -0.1) is 0 Å². The summed E-state index contributed by atoms with van der Waals surface area (Å²) in [6.07, 6.45) is -3.00. The Hall–Kier alpha value is -4.97. The first kappa shape index (κ1) is 26.6. The fraction of sp³-hybridized carbons (Fsp3) is 0.0345. The number of quaternary nitrogens is 1. The monoisotopic (exact) mass is 547 g/mol. The Balaban J connectivity index is 1.48. The van der Waals surface area contributed by atoms with Crippen molar-refractivity contribution in [2.75, 3.05) is 5.32 Å². The normalized spacial score (nSPS) is 11.4. The maximum atomic E-state index is 13.5. The summed E-state index contributed by atoms with van der Waals surface area (Å²) < 4.78 is 46.6. The molecule has 0 bridgehead atoms. The molecule has 202 valence electrons. The number of carbonyl (C=O) groups is 1. The van der Waals surface area contributed by atoms with Crippen molar-refractivity contribution >= 4 is 17.3 Å². The molecule has 8 nitrogen and oxygen atoms in total. The van der Waals surface area contributed by atoms with Crippen molar-refractivity contribution in [3.05, 3.63) is 120 Å². The quantitative estimate of drug-likeness (QED) is 0.190. The molecule has 0 atom stereocenters. The van der Waals surface area contributed by atoms with E-state index in [9.17, 15) is 28.4 Å². The van der Waals surface area contributed by atoms with Crippen LogP contribution in [-0.2, 0) is 6.18 Å². The highest BCUT2D eigenvalue weighted by atomic mass is 19.4. The van der Waals surface area contributed by atoms with Crippen LogP contribution in [0.25, 0.3) is 16.9 Å². The Morgan fingerprint density at radius 2 is 1.55 bits per heavy atom. The lowest BCUT2D eigenvalue weighted by Crippen LogP contribution is -3.01. The van der Waals surface area contributed by atoms with Crippen LogP contribution in [0.4, 0.5) is 24.5 Å². The van der Waals surface area contributed by atoms with Crippen molar-refractivity contribution in [1.82, 2.24) is 9.78 Å². The van der Waals surface area contributed by atoms with Gasteiger partial charge in [0.25, 0.3) is 5.91 Å². The molecule has 0 aliphatic rings. The SMILES string of the molecule is O=C(Nc1cc(Oc2cccc(C(F)(F)F)c2)cc([NH+](O)O)c1)c1cn(-c2ccccc2)nc1-c1ccccc1. The van der Waals surface area contributed by atoms with Crippen LogP contribution in [0.1, 0.15) is 15.9 Å². The molecule has 0 radical (unpaired) electrons. The summed E-state index contributed by atoms with van der Waals surface area (Å²) in [5, 5.41) is 25.7. The van der Waals surface area contributed by atoms with Crippen LogP contribution in [0.2, 0.25) is 0 Å². The lowest BCUT2D eigenvalue weighted by atomic mass is 10.1. The largest absolute Gasteiger partial charge is 0.457 e. The van der Waals surface area contributed by atoms with Gasteiger partial charge in [0.05, 0.1) is 22.5 Å². The number of anilines is 1. The fourth-order valence-corrected chi connectivity index (χ4v) is 3.99. The summed E-state index contributed by atoms with van der Waals surface area (Å²) in [5.74, 6) is -0.714. The van der Waals surface area contributed by atoms with E-state index in [1.165, 1.54) is 30.3 Å². The van der Waals surface area contributed by atoms with E-state index in [-0.39, 0.29) is 28.4 Å². The molecule has 1 amide bonds. The number of ether oxygens (including phenoxy) is 1. The predicted molar refractivity (Wildman–Crippen MR) is 139 cm³/mol. The number of hydrogen-bond acceptors (Lipinski definition) is 5. The Morgan fingerprint density at radius 3 is 2.23 bits per heavy atom. The van der Waals surface area contributed by atoms with Crippen molar-refractivity contribution in [3.8, 4) is 28.4 Å². The lowest BCUT2D eigenvalue weighted by molar-refractivity contribution is -1.19. The minimum atomic E-state index is -4.57. The molecule has 4 N–H and O–H groups in total. The second kappa shape index (κ2) is 11.0. The molecule has 1 aromatic heterocycles. The van der Waals surface area contributed by atoms with Crippen LogP contribution >= 0.6 is 0 Å². The number of hydrogen-bond donors (Lipinski definition) is 4. The van der Waals surface area contributed by atoms with Gasteiger partial charge in [0.15, 0.2) is 0 Å². The first-order valence-electron chi connectivity index (χ1n) is 11.9. The van der Waals surface area contributed by atoms with Crippen LogP contribution in [0.5, 0.6) is 11.5 Å². The second-order valence-electron chi connectivity index (χ2n) is 8.69. The highest BCUT2D eigenvalue weighted by Crippen LogP contribution is 2.34. The van der Waals surface area contributed by atoms with E-state index in [0.717, 1.165) is 17.8 Å². The predicted octanol–water partition coefficient (Wildman–Crippen LogP) is 5.90. The maximum Gasteiger partial charge on any atom is 0.416 e. The molecule has 0 saturated heterocycles. The van der Waals surface area contributed by atoms with Crippen LogP contribution in [0.15, 0.2) is 109 Å². The third-order valence-electron chi connectivity index (χ3n) is 5.85. The molecule has 40 heavy (non-hydrogen) atoms. The minimum Gasteiger partial charge on any atom is -0.457 e. The zero-order valence-corrected chi connectivity index (χ0v) is 20.6. The number of benzene rings is 4. The molecule has 0 spiro atoms. The maximum absolute atomic E-state index is 13.5. The number of rotatable bonds is 7. The number of nitrogens with one attached hydrogen (secondary N) is 2. The van der Waals surface area contributed by atoms with Gasteiger partial charge >= 0.3 is 6.18 Å². The number of para-hydroxylation sites is 1. The lowest BCUT2D eigenvalue weighted by Gasteiger charge is -2.13. The standard InChI is InChI=1S/C29H21F3N4O4/c30-29(31,32)20-10-7-13-24(14-20)40-25-16-21(15-23(17-25)36(38)39)33-28(37)26-18-35(22-11-5-2-6-12-22)34-27(26)19-8-3-1-4-9-19/h1-18,38-39H,(H,33,37)/p+1. The van der Waals surface area contributed by atoms with Crippen LogP contribution in [-0.4, -0.2) is 26.1 Å². The molecular weight excluding hydrogens is 525 g/mol. The molecule has 4 aromatic carbocycles. The van der Waals surface area contributed by atoms with Crippen LogP contribution < -0.4 is 15.3 Å². The smallest absolute Gasteiger partial charge is 0.416 e. The van der Waals surface area contributed by atoms with E-state index in [1.807, 2.05) is 60.7 Å². The van der Waals surface area contributed by atoms with Gasteiger partial charge in [-0.2, -0.15) is 28.7 Å². The van der Waals surface area contributed by atoms with E-state index < -0.39 is 22.9 Å². The van der Waals surface area contributed by atoms with Gasteiger partial charge in [-0.05, 0) is 35.6 Å². The zero-order valence-electron chi connectivity index (χ0n) is 20.6. The summed E-state index contributed by atoms with van der Waals surface area (Å²) in [6.45, 7) is 0.